The Morgan fingerprint density at radius 1 is 0.923 bits per heavy atom. The molecule has 218 valence electrons. The highest BCUT2D eigenvalue weighted by Gasteiger charge is 2.70. The van der Waals surface area contributed by atoms with Gasteiger partial charge < -0.3 is 14.7 Å². The molecule has 1 N–H and O–H groups in total. The van der Waals surface area contributed by atoms with Crippen LogP contribution in [-0.2, 0) is 14.3 Å². The monoisotopic (exact) mass is 539 g/mol. The summed E-state index contributed by atoms with van der Waals surface area (Å²) in [6.07, 6.45) is 10.8. The molecule has 6 aliphatic rings. The number of ketones is 1. The maximum Gasteiger partial charge on any atom is 0.228 e. The van der Waals surface area contributed by atoms with Gasteiger partial charge in [0.25, 0.3) is 0 Å². The van der Waals surface area contributed by atoms with Gasteiger partial charge in [-0.3, -0.25) is 9.59 Å². The largest absolute Gasteiger partial charge is 0.393 e. The van der Waals surface area contributed by atoms with Gasteiger partial charge in [0.15, 0.2) is 5.78 Å². The van der Waals surface area contributed by atoms with Gasteiger partial charge >= 0.3 is 0 Å². The summed E-state index contributed by atoms with van der Waals surface area (Å²) >= 11 is 0. The standard InChI is InChI=1S/C34H53NO4/c1-29(2)25-8-11-34(7)27(32(25,5)10-9-26(29)37)24(36)20-22-23-21-31(4,28(38)35-16-18-39-19-17-35)13-12-30(23,3)14-15-33(22,34)6/h20,23,25-27,37H,8-19,21H2,1-7H3/t23-,25-,26-,27+,30+,31-,32+,33+,34+/m0/s1. The molecule has 5 heteroatoms. The fourth-order valence-electron chi connectivity index (χ4n) is 11.5. The Balaban J connectivity index is 1.39. The maximum atomic E-state index is 14.5. The third kappa shape index (κ3) is 3.63. The molecular weight excluding hydrogens is 486 g/mol. The summed E-state index contributed by atoms with van der Waals surface area (Å²) in [7, 11) is 0. The number of nitrogens with zero attached hydrogens (tertiary/aromatic N) is 1. The van der Waals surface area contributed by atoms with E-state index in [4.69, 9.17) is 4.74 Å². The number of aliphatic hydroxyl groups is 1. The molecule has 5 fully saturated rings. The van der Waals surface area contributed by atoms with Crippen LogP contribution in [0.1, 0.15) is 106 Å². The number of hydrogen-bond acceptors (Lipinski definition) is 4. The predicted molar refractivity (Wildman–Crippen MR) is 153 cm³/mol. The van der Waals surface area contributed by atoms with Crippen LogP contribution in [0.2, 0.25) is 0 Å². The Morgan fingerprint density at radius 2 is 1.59 bits per heavy atom. The van der Waals surface area contributed by atoms with E-state index in [2.05, 4.69) is 54.5 Å². The lowest BCUT2D eigenvalue weighted by molar-refractivity contribution is -0.202. The number of morpholine rings is 1. The van der Waals surface area contributed by atoms with Crippen molar-refractivity contribution in [2.75, 3.05) is 26.3 Å². The summed E-state index contributed by atoms with van der Waals surface area (Å²) in [6.45, 7) is 19.1. The third-order valence-electron chi connectivity index (χ3n) is 14.4. The van der Waals surface area contributed by atoms with Crippen molar-refractivity contribution >= 4 is 11.7 Å². The van der Waals surface area contributed by atoms with Crippen LogP contribution in [0.15, 0.2) is 11.6 Å². The first-order chi connectivity index (χ1) is 18.1. The third-order valence-corrected chi connectivity index (χ3v) is 14.4. The molecule has 5 nitrogen and oxygen atoms in total. The Kier molecular flexibility index (Phi) is 6.20. The number of rotatable bonds is 1. The first-order valence-electron chi connectivity index (χ1n) is 15.9. The number of aliphatic hydroxyl groups excluding tert-OH is 1. The van der Waals surface area contributed by atoms with Crippen molar-refractivity contribution in [3.63, 3.8) is 0 Å². The molecule has 4 saturated carbocycles. The first kappa shape index (κ1) is 27.9. The molecule has 1 amide bonds. The second-order valence-corrected chi connectivity index (χ2v) is 16.5. The van der Waals surface area contributed by atoms with Gasteiger partial charge in [-0.1, -0.05) is 54.0 Å². The van der Waals surface area contributed by atoms with Crippen molar-refractivity contribution in [2.45, 2.75) is 112 Å². The number of hydrogen-bond donors (Lipinski definition) is 1. The van der Waals surface area contributed by atoms with E-state index in [1.54, 1.807) is 0 Å². The Bertz CT molecular complexity index is 1090. The van der Waals surface area contributed by atoms with Crippen molar-refractivity contribution in [3.8, 4) is 0 Å². The lowest BCUT2D eigenvalue weighted by atomic mass is 9.33. The zero-order valence-corrected chi connectivity index (χ0v) is 25.7. The normalized spacial score (nSPS) is 51.1. The smallest absolute Gasteiger partial charge is 0.228 e. The number of amides is 1. The van der Waals surface area contributed by atoms with E-state index in [9.17, 15) is 14.7 Å². The van der Waals surface area contributed by atoms with Gasteiger partial charge in [0.05, 0.1) is 19.3 Å². The Labute approximate surface area is 236 Å². The van der Waals surface area contributed by atoms with Gasteiger partial charge in [-0.05, 0) is 103 Å². The molecular formula is C34H53NO4. The van der Waals surface area contributed by atoms with E-state index in [1.165, 1.54) is 12.0 Å². The summed E-state index contributed by atoms with van der Waals surface area (Å²) in [5, 5.41) is 11.0. The summed E-state index contributed by atoms with van der Waals surface area (Å²) < 4.78 is 5.54. The topological polar surface area (TPSA) is 66.8 Å². The van der Waals surface area contributed by atoms with Crippen LogP contribution < -0.4 is 0 Å². The Morgan fingerprint density at radius 3 is 2.28 bits per heavy atom. The second kappa shape index (κ2) is 8.66. The van der Waals surface area contributed by atoms with Gasteiger partial charge in [-0.15, -0.1) is 0 Å². The molecule has 9 atom stereocenters. The van der Waals surface area contributed by atoms with Gasteiger partial charge in [0.2, 0.25) is 5.91 Å². The lowest BCUT2D eigenvalue weighted by Crippen LogP contribution is -2.66. The molecule has 1 aliphatic heterocycles. The van der Waals surface area contributed by atoms with Crippen LogP contribution in [0.4, 0.5) is 0 Å². The number of carbonyl (C=O) groups is 2. The van der Waals surface area contributed by atoms with Gasteiger partial charge in [-0.25, -0.2) is 0 Å². The zero-order valence-electron chi connectivity index (χ0n) is 25.7. The molecule has 0 aromatic carbocycles. The Hall–Kier alpha value is -1.20. The van der Waals surface area contributed by atoms with E-state index in [0.29, 0.717) is 43.9 Å². The number of fused-ring (bicyclic) bond motifs is 7. The van der Waals surface area contributed by atoms with Gasteiger partial charge in [0.1, 0.15) is 0 Å². The highest BCUT2D eigenvalue weighted by molar-refractivity contribution is 5.95. The number of ether oxygens (including phenoxy) is 1. The van der Waals surface area contributed by atoms with Crippen molar-refractivity contribution in [3.05, 3.63) is 11.6 Å². The van der Waals surface area contributed by atoms with Gasteiger partial charge in [0, 0.05) is 24.4 Å². The first-order valence-corrected chi connectivity index (χ1v) is 15.9. The fraction of sp³-hybridized carbons (Fsp3) is 0.882. The maximum absolute atomic E-state index is 14.5. The fourth-order valence-corrected chi connectivity index (χ4v) is 11.5. The van der Waals surface area contributed by atoms with Gasteiger partial charge in [-0.2, -0.15) is 0 Å². The number of allylic oxidation sites excluding steroid dienone is 2. The van der Waals surface area contributed by atoms with Crippen LogP contribution in [-0.4, -0.2) is 54.1 Å². The highest BCUT2D eigenvalue weighted by atomic mass is 16.5. The highest BCUT2D eigenvalue weighted by Crippen LogP contribution is 2.75. The van der Waals surface area contributed by atoms with E-state index >= 15 is 0 Å². The average Bonchev–Trinajstić information content (AvgIpc) is 2.89. The van der Waals surface area contributed by atoms with E-state index < -0.39 is 0 Å². The zero-order chi connectivity index (χ0) is 28.2. The van der Waals surface area contributed by atoms with E-state index in [-0.39, 0.29) is 50.4 Å². The molecule has 1 saturated heterocycles. The van der Waals surface area contributed by atoms with Crippen molar-refractivity contribution in [1.29, 1.82) is 0 Å². The molecule has 0 bridgehead atoms. The molecule has 6 rings (SSSR count). The minimum atomic E-state index is -0.380. The summed E-state index contributed by atoms with van der Waals surface area (Å²) in [6, 6.07) is 0. The summed E-state index contributed by atoms with van der Waals surface area (Å²) in [5.41, 5.74) is 0.747. The molecule has 0 aromatic heterocycles. The van der Waals surface area contributed by atoms with Crippen molar-refractivity contribution in [1.82, 2.24) is 4.90 Å². The van der Waals surface area contributed by atoms with Crippen LogP contribution in [0.25, 0.3) is 0 Å². The van der Waals surface area contributed by atoms with E-state index in [0.717, 1.165) is 51.4 Å². The number of carbonyl (C=O) groups excluding carboxylic acids is 2. The predicted octanol–water partition coefficient (Wildman–Crippen LogP) is 6.19. The van der Waals surface area contributed by atoms with Crippen LogP contribution in [0.3, 0.4) is 0 Å². The lowest BCUT2D eigenvalue weighted by Gasteiger charge is -2.70. The minimum Gasteiger partial charge on any atom is -0.393 e. The second-order valence-electron chi connectivity index (χ2n) is 16.5. The van der Waals surface area contributed by atoms with Crippen LogP contribution >= 0.6 is 0 Å². The molecule has 0 radical (unpaired) electrons. The molecule has 1 heterocycles. The molecule has 5 aliphatic carbocycles. The summed E-state index contributed by atoms with van der Waals surface area (Å²) in [4.78, 5) is 30.4. The molecule has 39 heavy (non-hydrogen) atoms. The minimum absolute atomic E-state index is 0.00131. The summed E-state index contributed by atoms with van der Waals surface area (Å²) in [5.74, 6) is 1.26. The van der Waals surface area contributed by atoms with Crippen molar-refractivity contribution in [2.24, 2.45) is 50.2 Å². The average molecular weight is 540 g/mol. The molecule has 0 aromatic rings. The van der Waals surface area contributed by atoms with E-state index in [1.807, 2.05) is 4.90 Å². The SMILES string of the molecule is CC1(C)[C@@H](O)CC[C@@]2(C)[C@H]3C(=O)C=C4[C@@H]5C[C@@](C)(C(=O)N6CCOCC6)CC[C@]5(C)CC[C@@]4(C)[C@]3(C)CC[C@@H]12. The van der Waals surface area contributed by atoms with Crippen LogP contribution in [0, 0.1) is 50.2 Å². The van der Waals surface area contributed by atoms with Crippen LogP contribution in [0.5, 0.6) is 0 Å². The molecule has 0 spiro atoms. The van der Waals surface area contributed by atoms with Crippen molar-refractivity contribution < 1.29 is 19.4 Å². The quantitative estimate of drug-likeness (QED) is 0.432. The molecule has 0 unspecified atom stereocenters.